The molecule has 0 fully saturated rings. The summed E-state index contributed by atoms with van der Waals surface area (Å²) in [6.45, 7) is 0. The summed E-state index contributed by atoms with van der Waals surface area (Å²) in [5.41, 5.74) is 0. The normalized spacial score (nSPS) is 8.73. The largest absolute Gasteiger partial charge is 1.00 e. The fourth-order valence-electron chi connectivity index (χ4n) is 0.718. The first-order chi connectivity index (χ1) is 4.74. The SMILES string of the molecule is COc1cc(Cl)cc[c]1[Zn+].[I-]. The Labute approximate surface area is 98.2 Å². The summed E-state index contributed by atoms with van der Waals surface area (Å²) in [4.78, 5) is 0. The van der Waals surface area contributed by atoms with E-state index < -0.39 is 0 Å². The summed E-state index contributed by atoms with van der Waals surface area (Å²) >= 11 is 6.83. The molecule has 1 aromatic rings. The Bertz CT molecular complexity index is 242. The molecule has 1 aromatic carbocycles. The van der Waals surface area contributed by atoms with Gasteiger partial charge in [-0.2, -0.15) is 0 Å². The number of methoxy groups -OCH3 is 1. The Balaban J connectivity index is 0.000001000. The second-order valence-corrected chi connectivity index (χ2v) is 3.99. The topological polar surface area (TPSA) is 9.23 Å². The van der Waals surface area contributed by atoms with E-state index in [1.54, 1.807) is 7.11 Å². The molecule has 0 heterocycles. The molecule has 0 spiro atoms. The van der Waals surface area contributed by atoms with Crippen LogP contribution in [0, 0.1) is 0 Å². The molecule has 0 aliphatic heterocycles. The van der Waals surface area contributed by atoms with Crippen molar-refractivity contribution in [1.29, 1.82) is 0 Å². The minimum Gasteiger partial charge on any atom is -1.00 e. The Morgan fingerprint density at radius 1 is 1.45 bits per heavy atom. The summed E-state index contributed by atoms with van der Waals surface area (Å²) < 4.78 is 6.30. The van der Waals surface area contributed by atoms with E-state index in [0.717, 1.165) is 29.1 Å². The van der Waals surface area contributed by atoms with Gasteiger partial charge in [-0.05, 0) is 0 Å². The van der Waals surface area contributed by atoms with E-state index in [2.05, 4.69) is 0 Å². The van der Waals surface area contributed by atoms with Crippen LogP contribution in [-0.4, -0.2) is 7.11 Å². The van der Waals surface area contributed by atoms with Crippen molar-refractivity contribution >= 4 is 15.8 Å². The first kappa shape index (κ1) is 11.7. The van der Waals surface area contributed by atoms with E-state index in [4.69, 9.17) is 16.3 Å². The van der Waals surface area contributed by atoms with Crippen molar-refractivity contribution in [3.63, 3.8) is 0 Å². The van der Waals surface area contributed by atoms with Gasteiger partial charge in [-0.1, -0.05) is 0 Å². The van der Waals surface area contributed by atoms with Gasteiger partial charge in [0, 0.05) is 0 Å². The van der Waals surface area contributed by atoms with Gasteiger partial charge in [-0.15, -0.1) is 0 Å². The van der Waals surface area contributed by atoms with Gasteiger partial charge in [0.25, 0.3) is 0 Å². The predicted molar refractivity (Wildman–Crippen MR) is 37.6 cm³/mol. The monoisotopic (exact) mass is 332 g/mol. The minimum atomic E-state index is 0. The predicted octanol–water partition coefficient (Wildman–Crippen LogP) is -1.48. The summed E-state index contributed by atoms with van der Waals surface area (Å²) in [6.07, 6.45) is 0. The molecule has 0 bridgehead atoms. The van der Waals surface area contributed by atoms with Gasteiger partial charge in [0.2, 0.25) is 0 Å². The standard InChI is InChI=1S/C7H6ClO.HI.Zn/c1-9-7-4-2-3-6(8)5-7;;/h2-3,5H,1H3;1H;/q;;+1/p-1. The third-order valence-corrected chi connectivity index (χ3v) is 2.71. The zero-order chi connectivity index (χ0) is 7.56. The molecule has 56 valence electrons. The van der Waals surface area contributed by atoms with E-state index in [0.29, 0.717) is 0 Å². The zero-order valence-corrected chi connectivity index (χ0v) is 12.0. The van der Waals surface area contributed by atoms with Crippen molar-refractivity contribution < 1.29 is 47.0 Å². The second-order valence-electron chi connectivity index (χ2n) is 1.96. The maximum absolute atomic E-state index is 5.73. The van der Waals surface area contributed by atoms with Crippen LogP contribution in [0.15, 0.2) is 18.2 Å². The summed E-state index contributed by atoms with van der Waals surface area (Å²) in [5.74, 6) is 0.896. The molecule has 0 saturated heterocycles. The average molecular weight is 334 g/mol. The number of rotatable bonds is 1. The third-order valence-electron chi connectivity index (χ3n) is 1.25. The molecule has 1 rings (SSSR count). The summed E-state index contributed by atoms with van der Waals surface area (Å²) in [5, 5.41) is 0.731. The molecule has 0 aromatic heterocycles. The van der Waals surface area contributed by atoms with Gasteiger partial charge in [0.1, 0.15) is 0 Å². The second kappa shape index (κ2) is 5.33. The zero-order valence-electron chi connectivity index (χ0n) is 6.10. The molecule has 0 radical (unpaired) electrons. The van der Waals surface area contributed by atoms with Gasteiger partial charge in [0.15, 0.2) is 0 Å². The Hall–Kier alpha value is 0.663. The summed E-state index contributed by atoms with van der Waals surface area (Å²) in [6, 6.07) is 5.70. The maximum Gasteiger partial charge on any atom is -1.00 e. The maximum atomic E-state index is 5.73. The fraction of sp³-hybridized carbons (Fsp3) is 0.143. The van der Waals surface area contributed by atoms with Crippen LogP contribution in [-0.2, 0) is 18.3 Å². The van der Waals surface area contributed by atoms with E-state index in [1.807, 2.05) is 18.2 Å². The van der Waals surface area contributed by atoms with Crippen LogP contribution >= 0.6 is 11.6 Å². The van der Waals surface area contributed by atoms with E-state index in [-0.39, 0.29) is 24.0 Å². The average Bonchev–Trinajstić information content (AvgIpc) is 1.94. The fourth-order valence-corrected chi connectivity index (χ4v) is 1.64. The number of hydrogen-bond acceptors (Lipinski definition) is 1. The van der Waals surface area contributed by atoms with Crippen molar-refractivity contribution in [2.24, 2.45) is 0 Å². The molecule has 0 N–H and O–H groups in total. The molecule has 0 saturated carbocycles. The van der Waals surface area contributed by atoms with Crippen LogP contribution in [0.2, 0.25) is 5.02 Å². The molecule has 0 amide bonds. The Morgan fingerprint density at radius 2 is 2.09 bits per heavy atom. The van der Waals surface area contributed by atoms with Crippen molar-refractivity contribution in [2.75, 3.05) is 7.11 Å². The van der Waals surface area contributed by atoms with E-state index in [9.17, 15) is 0 Å². The van der Waals surface area contributed by atoms with Gasteiger partial charge in [-0.25, -0.2) is 0 Å². The molecule has 1 nitrogen and oxygen atoms in total. The number of halogens is 2. The molecule has 4 heteroatoms. The molecule has 0 aliphatic carbocycles. The quantitative estimate of drug-likeness (QED) is 0.450. The van der Waals surface area contributed by atoms with Crippen LogP contribution in [0.4, 0.5) is 0 Å². The number of hydrogen-bond donors (Lipinski definition) is 0. The van der Waals surface area contributed by atoms with Crippen LogP contribution < -0.4 is 32.9 Å². The van der Waals surface area contributed by atoms with Gasteiger partial charge in [0.05, 0.1) is 0 Å². The van der Waals surface area contributed by atoms with Crippen LogP contribution in [0.1, 0.15) is 0 Å². The van der Waals surface area contributed by atoms with Gasteiger partial charge in [-0.3, -0.25) is 0 Å². The first-order valence-corrected chi connectivity index (χ1v) is 4.75. The smallest absolute Gasteiger partial charge is 1.00 e. The molecule has 0 atom stereocenters. The van der Waals surface area contributed by atoms with Crippen LogP contribution in [0.25, 0.3) is 0 Å². The molecular formula is C7H6ClIOZn. The van der Waals surface area contributed by atoms with Crippen LogP contribution in [0.3, 0.4) is 0 Å². The molecule has 0 aliphatic rings. The van der Waals surface area contributed by atoms with Crippen molar-refractivity contribution in [3.05, 3.63) is 23.2 Å². The van der Waals surface area contributed by atoms with Gasteiger partial charge >= 0.3 is 74.9 Å². The van der Waals surface area contributed by atoms with Crippen molar-refractivity contribution in [2.45, 2.75) is 0 Å². The number of benzene rings is 1. The molecule has 0 unspecified atom stereocenters. The Kier molecular flexibility index (Phi) is 5.66. The third kappa shape index (κ3) is 3.26. The molecular weight excluding hydrogens is 328 g/mol. The van der Waals surface area contributed by atoms with Crippen molar-refractivity contribution in [3.8, 4) is 5.75 Å². The first-order valence-electron chi connectivity index (χ1n) is 2.89. The van der Waals surface area contributed by atoms with E-state index >= 15 is 0 Å². The Morgan fingerprint density at radius 3 is 2.55 bits per heavy atom. The molecule has 11 heavy (non-hydrogen) atoms. The minimum absolute atomic E-state index is 0. The summed E-state index contributed by atoms with van der Waals surface area (Å²) in [7, 11) is 1.66. The van der Waals surface area contributed by atoms with Crippen molar-refractivity contribution in [1.82, 2.24) is 0 Å². The van der Waals surface area contributed by atoms with E-state index in [1.165, 1.54) is 4.16 Å². The number of ether oxygens (including phenoxy) is 1. The van der Waals surface area contributed by atoms with Crippen LogP contribution in [0.5, 0.6) is 5.75 Å². The van der Waals surface area contributed by atoms with Gasteiger partial charge < -0.3 is 24.0 Å².